The van der Waals surface area contributed by atoms with Crippen LogP contribution in [-0.4, -0.2) is 36.6 Å². The Morgan fingerprint density at radius 2 is 1.85 bits per heavy atom. The minimum absolute atomic E-state index is 0.103. The van der Waals surface area contributed by atoms with Gasteiger partial charge in [-0.3, -0.25) is 9.89 Å². The molecule has 2 aromatic carbocycles. The van der Waals surface area contributed by atoms with Crippen molar-refractivity contribution in [3.63, 3.8) is 0 Å². The number of ether oxygens (including phenoxy) is 1. The molecule has 0 atom stereocenters. The molecule has 0 aliphatic rings. The van der Waals surface area contributed by atoms with Gasteiger partial charge in [0.05, 0.1) is 19.1 Å². The lowest BCUT2D eigenvalue weighted by Crippen LogP contribution is -2.11. The van der Waals surface area contributed by atoms with Crippen LogP contribution in [0, 0.1) is 17.5 Å². The average molecular weight is 476 g/mol. The summed E-state index contributed by atoms with van der Waals surface area (Å²) < 4.78 is 74.6. The molecule has 0 fully saturated rings. The molecule has 12 heteroatoms. The molecule has 2 heterocycles. The Bertz CT molecular complexity index is 1520. The molecule has 2 aromatic heterocycles. The number of nitrogens with one attached hydrogen (secondary N) is 1. The first-order valence-corrected chi connectivity index (χ1v) is 11.0. The van der Waals surface area contributed by atoms with Gasteiger partial charge in [0.2, 0.25) is 5.88 Å². The molecule has 0 radical (unpaired) electrons. The van der Waals surface area contributed by atoms with E-state index in [0.717, 1.165) is 19.4 Å². The van der Waals surface area contributed by atoms with Crippen LogP contribution in [0.4, 0.5) is 13.2 Å². The van der Waals surface area contributed by atoms with E-state index in [-0.39, 0.29) is 39.2 Å². The number of nitrogens with two attached hydrogens (primary N) is 1. The van der Waals surface area contributed by atoms with E-state index in [1.165, 1.54) is 30.3 Å². The number of fused-ring (bicyclic) bond motifs is 1. The summed E-state index contributed by atoms with van der Waals surface area (Å²) in [6.07, 6.45) is 0.788. The quantitative estimate of drug-likeness (QED) is 0.440. The fourth-order valence-corrected chi connectivity index (χ4v) is 4.89. The topological polar surface area (TPSA) is 128 Å². The summed E-state index contributed by atoms with van der Waals surface area (Å²) in [6, 6.07) is 7.14. The van der Waals surface area contributed by atoms with Gasteiger partial charge in [-0.2, -0.15) is 5.10 Å². The lowest BCUT2D eigenvalue weighted by atomic mass is 10.00. The van der Waals surface area contributed by atoms with Crippen molar-refractivity contribution in [1.82, 2.24) is 15.2 Å². The van der Waals surface area contributed by atoms with Gasteiger partial charge in [-0.15, -0.1) is 0 Å². The zero-order valence-corrected chi connectivity index (χ0v) is 17.7. The predicted molar refractivity (Wildman–Crippen MR) is 112 cm³/mol. The summed E-state index contributed by atoms with van der Waals surface area (Å²) in [4.78, 5) is 14.5. The van der Waals surface area contributed by atoms with Crippen molar-refractivity contribution >= 4 is 26.6 Å². The maximum Gasteiger partial charge on any atom is 0.267 e. The molecule has 0 unspecified atom stereocenters. The summed E-state index contributed by atoms with van der Waals surface area (Å²) in [7, 11) is -3.12. The normalized spacial score (nSPS) is 11.6. The Morgan fingerprint density at radius 3 is 2.55 bits per heavy atom. The van der Waals surface area contributed by atoms with Crippen molar-refractivity contribution in [3.05, 3.63) is 71.3 Å². The van der Waals surface area contributed by atoms with E-state index < -0.39 is 43.8 Å². The maximum atomic E-state index is 15.3. The SMILES string of the molecule is COc1ncc(F)cc1S(=O)(=O)Cc1cccc(-c2ccc3c(C(N)=O)[nH]nc3c2F)c1F. The number of primary amides is 1. The molecule has 0 bridgehead atoms. The molecule has 8 nitrogen and oxygen atoms in total. The Morgan fingerprint density at radius 1 is 1.12 bits per heavy atom. The maximum absolute atomic E-state index is 15.3. The number of aromatic amines is 1. The lowest BCUT2D eigenvalue weighted by Gasteiger charge is -2.12. The summed E-state index contributed by atoms with van der Waals surface area (Å²) in [5.74, 6) is -4.86. The molecule has 0 aliphatic carbocycles. The molecular weight excluding hydrogens is 461 g/mol. The van der Waals surface area contributed by atoms with E-state index >= 15 is 8.78 Å². The van der Waals surface area contributed by atoms with Gasteiger partial charge in [-0.1, -0.05) is 24.3 Å². The molecule has 0 spiro atoms. The van der Waals surface area contributed by atoms with E-state index in [9.17, 15) is 17.6 Å². The molecule has 4 aromatic rings. The van der Waals surface area contributed by atoms with Gasteiger partial charge in [0, 0.05) is 22.1 Å². The Balaban J connectivity index is 1.79. The zero-order valence-electron chi connectivity index (χ0n) is 16.9. The fourth-order valence-electron chi connectivity index (χ4n) is 3.41. The predicted octanol–water partition coefficient (Wildman–Crippen LogP) is 3.12. The molecule has 1 amide bonds. The number of benzene rings is 2. The van der Waals surface area contributed by atoms with Crippen LogP contribution in [0.1, 0.15) is 16.1 Å². The van der Waals surface area contributed by atoms with Crippen LogP contribution >= 0.6 is 0 Å². The number of hydrogen-bond donors (Lipinski definition) is 2. The number of carbonyl (C=O) groups is 1. The molecule has 4 rings (SSSR count). The number of amides is 1. The molecule has 33 heavy (non-hydrogen) atoms. The summed E-state index contributed by atoms with van der Waals surface area (Å²) in [6.45, 7) is 0. The van der Waals surface area contributed by atoms with E-state index in [1.807, 2.05) is 0 Å². The van der Waals surface area contributed by atoms with Crippen LogP contribution in [0.5, 0.6) is 5.88 Å². The van der Waals surface area contributed by atoms with E-state index in [1.54, 1.807) is 0 Å². The van der Waals surface area contributed by atoms with Gasteiger partial charge < -0.3 is 10.5 Å². The van der Waals surface area contributed by atoms with Gasteiger partial charge >= 0.3 is 0 Å². The molecule has 0 aliphatic heterocycles. The Kier molecular flexibility index (Phi) is 5.54. The highest BCUT2D eigenvalue weighted by Crippen LogP contribution is 2.33. The average Bonchev–Trinajstić information content (AvgIpc) is 3.21. The standard InChI is InChI=1S/C21H15F3N4O4S/c1-32-21-15(7-11(22)8-26-21)33(30,31)9-10-3-2-4-12(16(10)23)13-5-6-14-18(17(13)24)27-28-19(14)20(25)29/h2-8H,9H2,1H3,(H2,25,29)(H,27,28). The minimum Gasteiger partial charge on any atom is -0.480 e. The number of aromatic nitrogens is 3. The van der Waals surface area contributed by atoms with Crippen LogP contribution < -0.4 is 10.5 Å². The van der Waals surface area contributed by atoms with Crippen LogP contribution in [0.25, 0.3) is 22.0 Å². The first-order chi connectivity index (χ1) is 15.6. The summed E-state index contributed by atoms with van der Waals surface area (Å²) in [5, 5.41) is 6.18. The number of sulfone groups is 1. The van der Waals surface area contributed by atoms with Gasteiger partial charge in [0.15, 0.2) is 15.7 Å². The van der Waals surface area contributed by atoms with E-state index in [0.29, 0.717) is 0 Å². The first-order valence-electron chi connectivity index (χ1n) is 9.30. The van der Waals surface area contributed by atoms with Crippen LogP contribution in [0.15, 0.2) is 47.5 Å². The van der Waals surface area contributed by atoms with Crippen molar-refractivity contribution in [2.24, 2.45) is 5.73 Å². The summed E-state index contributed by atoms with van der Waals surface area (Å²) >= 11 is 0. The van der Waals surface area contributed by atoms with Crippen molar-refractivity contribution in [3.8, 4) is 17.0 Å². The third-order valence-corrected chi connectivity index (χ3v) is 6.59. The van der Waals surface area contributed by atoms with Crippen molar-refractivity contribution < 1.29 is 31.1 Å². The second kappa shape index (κ2) is 8.20. The first kappa shape index (κ1) is 22.3. The Labute approximate surface area is 185 Å². The molecule has 0 saturated heterocycles. The lowest BCUT2D eigenvalue weighted by molar-refractivity contribution is 0.0997. The summed E-state index contributed by atoms with van der Waals surface area (Å²) in [5.41, 5.74) is 4.18. The number of pyridine rings is 1. The van der Waals surface area contributed by atoms with Crippen molar-refractivity contribution in [1.29, 1.82) is 0 Å². The van der Waals surface area contributed by atoms with Crippen LogP contribution in [0.3, 0.4) is 0 Å². The van der Waals surface area contributed by atoms with Crippen LogP contribution in [-0.2, 0) is 15.6 Å². The number of nitrogens with zero attached hydrogens (tertiary/aromatic N) is 2. The third-order valence-electron chi connectivity index (χ3n) is 4.94. The second-order valence-electron chi connectivity index (χ2n) is 6.98. The fraction of sp³-hybridized carbons (Fsp3) is 0.0952. The molecule has 170 valence electrons. The van der Waals surface area contributed by atoms with Crippen molar-refractivity contribution in [2.45, 2.75) is 10.6 Å². The highest BCUT2D eigenvalue weighted by molar-refractivity contribution is 7.90. The second-order valence-corrected chi connectivity index (χ2v) is 8.94. The zero-order chi connectivity index (χ0) is 23.9. The van der Waals surface area contributed by atoms with Crippen LogP contribution in [0.2, 0.25) is 0 Å². The molecule has 0 saturated carbocycles. The highest BCUT2D eigenvalue weighted by atomic mass is 32.2. The number of H-pyrrole nitrogens is 1. The number of methoxy groups -OCH3 is 1. The minimum atomic E-state index is -4.28. The molecule has 3 N–H and O–H groups in total. The highest BCUT2D eigenvalue weighted by Gasteiger charge is 2.26. The van der Waals surface area contributed by atoms with Gasteiger partial charge in [0.1, 0.15) is 27.7 Å². The number of halogens is 3. The third kappa shape index (κ3) is 3.89. The smallest absolute Gasteiger partial charge is 0.267 e. The largest absolute Gasteiger partial charge is 0.480 e. The van der Waals surface area contributed by atoms with E-state index in [2.05, 4.69) is 15.2 Å². The van der Waals surface area contributed by atoms with Gasteiger partial charge in [0.25, 0.3) is 5.91 Å². The number of carbonyl (C=O) groups excluding carboxylic acids is 1. The van der Waals surface area contributed by atoms with Gasteiger partial charge in [-0.05, 0) is 12.1 Å². The monoisotopic (exact) mass is 476 g/mol. The van der Waals surface area contributed by atoms with Gasteiger partial charge in [-0.25, -0.2) is 26.6 Å². The number of rotatable bonds is 6. The Hall–Kier alpha value is -3.93. The van der Waals surface area contributed by atoms with Crippen molar-refractivity contribution in [2.75, 3.05) is 7.11 Å². The van der Waals surface area contributed by atoms with E-state index in [4.69, 9.17) is 10.5 Å². The number of hydrogen-bond acceptors (Lipinski definition) is 6. The molecular formula is C21H15F3N4O4S.